The molecule has 0 amide bonds. The molecule has 112 valence electrons. The average molecular weight is 342 g/mol. The Kier molecular flexibility index (Phi) is 5.87. The molecule has 1 aromatic carbocycles. The highest BCUT2D eigenvalue weighted by atomic mass is 79.9. The standard InChI is InChI=1S/C16H24BrNO2/c1-20-15-6-5-14(17)9-13(15)10-18-11-16(12-19)7-3-2-4-8-16/h5-6,9,18-19H,2-4,7-8,10-12H2,1H3. The third-order valence-electron chi connectivity index (χ3n) is 4.31. The summed E-state index contributed by atoms with van der Waals surface area (Å²) < 4.78 is 6.44. The van der Waals surface area contributed by atoms with E-state index in [4.69, 9.17) is 4.74 Å². The molecule has 0 aliphatic heterocycles. The van der Waals surface area contributed by atoms with E-state index in [1.165, 1.54) is 19.3 Å². The third kappa shape index (κ3) is 3.96. The van der Waals surface area contributed by atoms with Gasteiger partial charge in [0.15, 0.2) is 0 Å². The van der Waals surface area contributed by atoms with Crippen LogP contribution in [0.3, 0.4) is 0 Å². The number of nitrogens with one attached hydrogen (secondary N) is 1. The molecule has 4 heteroatoms. The van der Waals surface area contributed by atoms with Crippen molar-refractivity contribution in [1.29, 1.82) is 0 Å². The number of aliphatic hydroxyl groups excluding tert-OH is 1. The first-order valence-electron chi connectivity index (χ1n) is 7.33. The molecule has 1 fully saturated rings. The molecule has 2 rings (SSSR count). The number of methoxy groups -OCH3 is 1. The zero-order chi connectivity index (χ0) is 14.4. The fourth-order valence-electron chi connectivity index (χ4n) is 3.04. The molecule has 20 heavy (non-hydrogen) atoms. The van der Waals surface area contributed by atoms with Crippen molar-refractivity contribution in [3.8, 4) is 5.75 Å². The molecule has 1 aliphatic rings. The van der Waals surface area contributed by atoms with Gasteiger partial charge in [-0.05, 0) is 31.0 Å². The Morgan fingerprint density at radius 2 is 2.05 bits per heavy atom. The van der Waals surface area contributed by atoms with E-state index >= 15 is 0 Å². The Labute approximate surface area is 129 Å². The van der Waals surface area contributed by atoms with Crippen molar-refractivity contribution < 1.29 is 9.84 Å². The lowest BCUT2D eigenvalue weighted by molar-refractivity contribution is 0.0810. The molecule has 0 aromatic heterocycles. The third-order valence-corrected chi connectivity index (χ3v) is 4.80. The molecule has 2 N–H and O–H groups in total. The summed E-state index contributed by atoms with van der Waals surface area (Å²) in [6.07, 6.45) is 6.05. The van der Waals surface area contributed by atoms with Gasteiger partial charge in [-0.25, -0.2) is 0 Å². The molecule has 0 radical (unpaired) electrons. The molecule has 1 saturated carbocycles. The normalized spacial score (nSPS) is 17.9. The van der Waals surface area contributed by atoms with Gasteiger partial charge < -0.3 is 15.2 Å². The van der Waals surface area contributed by atoms with Crippen LogP contribution in [-0.4, -0.2) is 25.4 Å². The Morgan fingerprint density at radius 1 is 1.30 bits per heavy atom. The number of ether oxygens (including phenoxy) is 1. The summed E-state index contributed by atoms with van der Waals surface area (Å²) in [7, 11) is 1.70. The van der Waals surface area contributed by atoms with Crippen LogP contribution >= 0.6 is 15.9 Å². The van der Waals surface area contributed by atoms with E-state index in [-0.39, 0.29) is 12.0 Å². The Bertz CT molecular complexity index is 430. The SMILES string of the molecule is COc1ccc(Br)cc1CNCC1(CO)CCCCC1. The Morgan fingerprint density at radius 3 is 2.70 bits per heavy atom. The molecule has 0 atom stereocenters. The van der Waals surface area contributed by atoms with E-state index in [9.17, 15) is 5.11 Å². The van der Waals surface area contributed by atoms with Crippen molar-refractivity contribution >= 4 is 15.9 Å². The van der Waals surface area contributed by atoms with Gasteiger partial charge in [0.05, 0.1) is 7.11 Å². The molecule has 0 saturated heterocycles. The summed E-state index contributed by atoms with van der Waals surface area (Å²) in [5.41, 5.74) is 1.23. The first-order chi connectivity index (χ1) is 9.69. The van der Waals surface area contributed by atoms with Crippen molar-refractivity contribution in [3.63, 3.8) is 0 Å². The summed E-state index contributed by atoms with van der Waals surface area (Å²) in [6, 6.07) is 6.04. The zero-order valence-electron chi connectivity index (χ0n) is 12.1. The number of benzene rings is 1. The van der Waals surface area contributed by atoms with Crippen LogP contribution in [0.1, 0.15) is 37.7 Å². The largest absolute Gasteiger partial charge is 0.496 e. The first-order valence-corrected chi connectivity index (χ1v) is 8.12. The number of hydrogen-bond acceptors (Lipinski definition) is 3. The van der Waals surface area contributed by atoms with Crippen LogP contribution in [0.5, 0.6) is 5.75 Å². The second-order valence-electron chi connectivity index (χ2n) is 5.78. The number of aliphatic hydroxyl groups is 1. The van der Waals surface area contributed by atoms with Gasteiger partial charge in [-0.1, -0.05) is 35.2 Å². The lowest BCUT2D eigenvalue weighted by Crippen LogP contribution is -2.38. The lowest BCUT2D eigenvalue weighted by Gasteiger charge is -2.35. The summed E-state index contributed by atoms with van der Waals surface area (Å²) in [5, 5.41) is 13.2. The predicted octanol–water partition coefficient (Wildman–Crippen LogP) is 3.49. The number of halogens is 1. The molecule has 3 nitrogen and oxygen atoms in total. The van der Waals surface area contributed by atoms with Gasteiger partial charge in [0, 0.05) is 35.1 Å². The quantitative estimate of drug-likeness (QED) is 0.832. The van der Waals surface area contributed by atoms with E-state index in [0.29, 0.717) is 0 Å². The molecular weight excluding hydrogens is 318 g/mol. The van der Waals surface area contributed by atoms with Gasteiger partial charge in [0.25, 0.3) is 0 Å². The molecule has 0 heterocycles. The van der Waals surface area contributed by atoms with Gasteiger partial charge in [0.2, 0.25) is 0 Å². The van der Waals surface area contributed by atoms with Crippen molar-refractivity contribution in [2.45, 2.75) is 38.6 Å². The van der Waals surface area contributed by atoms with Crippen molar-refractivity contribution in [1.82, 2.24) is 5.32 Å². The molecule has 1 aromatic rings. The fraction of sp³-hybridized carbons (Fsp3) is 0.625. The van der Waals surface area contributed by atoms with Crippen LogP contribution in [0.15, 0.2) is 22.7 Å². The molecule has 0 bridgehead atoms. The summed E-state index contributed by atoms with van der Waals surface area (Å²) in [5.74, 6) is 0.905. The van der Waals surface area contributed by atoms with Crippen LogP contribution in [0.25, 0.3) is 0 Å². The van der Waals surface area contributed by atoms with Crippen LogP contribution < -0.4 is 10.1 Å². The summed E-state index contributed by atoms with van der Waals surface area (Å²) in [4.78, 5) is 0. The van der Waals surface area contributed by atoms with Crippen molar-refractivity contribution in [3.05, 3.63) is 28.2 Å². The van der Waals surface area contributed by atoms with Crippen molar-refractivity contribution in [2.75, 3.05) is 20.3 Å². The summed E-state index contributed by atoms with van der Waals surface area (Å²) in [6.45, 7) is 1.93. The van der Waals surface area contributed by atoms with Crippen LogP contribution in [-0.2, 0) is 6.54 Å². The van der Waals surface area contributed by atoms with Gasteiger partial charge in [0.1, 0.15) is 5.75 Å². The molecule has 0 unspecified atom stereocenters. The first kappa shape index (κ1) is 15.8. The van der Waals surface area contributed by atoms with E-state index in [1.807, 2.05) is 12.1 Å². The topological polar surface area (TPSA) is 41.5 Å². The van der Waals surface area contributed by atoms with Gasteiger partial charge >= 0.3 is 0 Å². The summed E-state index contributed by atoms with van der Waals surface area (Å²) >= 11 is 3.49. The van der Waals surface area contributed by atoms with E-state index < -0.39 is 0 Å². The minimum absolute atomic E-state index is 0.0809. The minimum Gasteiger partial charge on any atom is -0.496 e. The smallest absolute Gasteiger partial charge is 0.123 e. The van der Waals surface area contributed by atoms with E-state index in [1.54, 1.807) is 7.11 Å². The van der Waals surface area contributed by atoms with Crippen LogP contribution in [0.2, 0.25) is 0 Å². The molecule has 1 aliphatic carbocycles. The van der Waals surface area contributed by atoms with Gasteiger partial charge in [-0.15, -0.1) is 0 Å². The van der Waals surface area contributed by atoms with Crippen LogP contribution in [0.4, 0.5) is 0 Å². The average Bonchev–Trinajstić information content (AvgIpc) is 2.48. The predicted molar refractivity (Wildman–Crippen MR) is 85.0 cm³/mol. The zero-order valence-corrected chi connectivity index (χ0v) is 13.7. The highest BCUT2D eigenvalue weighted by molar-refractivity contribution is 9.10. The minimum atomic E-state index is 0.0809. The molecular formula is C16H24BrNO2. The fourth-order valence-corrected chi connectivity index (χ4v) is 3.45. The maximum absolute atomic E-state index is 9.71. The second kappa shape index (κ2) is 7.43. The monoisotopic (exact) mass is 341 g/mol. The Balaban J connectivity index is 1.93. The maximum atomic E-state index is 9.71. The highest BCUT2D eigenvalue weighted by Crippen LogP contribution is 2.35. The van der Waals surface area contributed by atoms with Crippen LogP contribution in [0, 0.1) is 5.41 Å². The van der Waals surface area contributed by atoms with E-state index in [0.717, 1.165) is 41.7 Å². The van der Waals surface area contributed by atoms with Gasteiger partial charge in [-0.3, -0.25) is 0 Å². The van der Waals surface area contributed by atoms with E-state index in [2.05, 4.69) is 27.3 Å². The van der Waals surface area contributed by atoms with Crippen molar-refractivity contribution in [2.24, 2.45) is 5.41 Å². The second-order valence-corrected chi connectivity index (χ2v) is 6.69. The molecule has 0 spiro atoms. The number of hydrogen-bond donors (Lipinski definition) is 2. The highest BCUT2D eigenvalue weighted by Gasteiger charge is 2.30. The maximum Gasteiger partial charge on any atom is 0.123 e. The Hall–Kier alpha value is -0.580. The lowest BCUT2D eigenvalue weighted by atomic mass is 9.74. The van der Waals surface area contributed by atoms with Gasteiger partial charge in [-0.2, -0.15) is 0 Å². The number of rotatable bonds is 6.